The van der Waals surface area contributed by atoms with Gasteiger partial charge in [-0.05, 0) is 38.0 Å². The van der Waals surface area contributed by atoms with Crippen LogP contribution in [0.15, 0.2) is 35.7 Å². The molecule has 3 nitrogen and oxygen atoms in total. The van der Waals surface area contributed by atoms with E-state index in [4.69, 9.17) is 0 Å². The summed E-state index contributed by atoms with van der Waals surface area (Å²) in [5.41, 5.74) is 3.12. The van der Waals surface area contributed by atoms with E-state index in [2.05, 4.69) is 9.97 Å². The summed E-state index contributed by atoms with van der Waals surface area (Å²) in [6, 6.07) is 5.84. The summed E-state index contributed by atoms with van der Waals surface area (Å²) < 4.78 is 0. The van der Waals surface area contributed by atoms with E-state index in [1.807, 2.05) is 39.0 Å². The molecule has 4 heteroatoms. The molecule has 0 saturated heterocycles. The number of H-pyrrole nitrogens is 1. The van der Waals surface area contributed by atoms with Crippen molar-refractivity contribution in [2.24, 2.45) is 0 Å². The maximum atomic E-state index is 12.3. The molecule has 1 heterocycles. The van der Waals surface area contributed by atoms with Crippen LogP contribution in [0.5, 0.6) is 0 Å². The fourth-order valence-electron chi connectivity index (χ4n) is 1.67. The molecule has 0 spiro atoms. The molecule has 0 radical (unpaired) electrons. The molecule has 0 fully saturated rings. The first-order chi connectivity index (χ1) is 8.58. The molecule has 2 rings (SSSR count). The second-order valence-electron chi connectivity index (χ2n) is 4.32. The fourth-order valence-corrected chi connectivity index (χ4v) is 2.50. The Morgan fingerprint density at radius 1 is 1.33 bits per heavy atom. The molecule has 1 atom stereocenters. The number of ketones is 1. The van der Waals surface area contributed by atoms with Gasteiger partial charge < -0.3 is 4.98 Å². The van der Waals surface area contributed by atoms with Crippen molar-refractivity contribution in [1.29, 1.82) is 0 Å². The van der Waals surface area contributed by atoms with Crippen LogP contribution in [-0.4, -0.2) is 21.0 Å². The number of nitrogens with zero attached hydrogens (tertiary/aromatic N) is 1. The zero-order valence-corrected chi connectivity index (χ0v) is 11.5. The van der Waals surface area contributed by atoms with Crippen LogP contribution in [0.3, 0.4) is 0 Å². The van der Waals surface area contributed by atoms with Gasteiger partial charge in [-0.3, -0.25) is 4.79 Å². The Morgan fingerprint density at radius 2 is 2.11 bits per heavy atom. The lowest BCUT2D eigenvalue weighted by molar-refractivity contribution is 0.0994. The topological polar surface area (TPSA) is 45.8 Å². The Labute approximate surface area is 111 Å². The van der Waals surface area contributed by atoms with Crippen molar-refractivity contribution in [2.75, 3.05) is 0 Å². The van der Waals surface area contributed by atoms with Gasteiger partial charge in [0.15, 0.2) is 10.9 Å². The summed E-state index contributed by atoms with van der Waals surface area (Å²) in [6.45, 7) is 5.98. The number of imidazole rings is 1. The van der Waals surface area contributed by atoms with Gasteiger partial charge in [0.05, 0.1) is 5.25 Å². The van der Waals surface area contributed by atoms with Crippen LogP contribution in [0, 0.1) is 13.8 Å². The molecule has 0 amide bonds. The van der Waals surface area contributed by atoms with Crippen molar-refractivity contribution in [1.82, 2.24) is 9.97 Å². The Kier molecular flexibility index (Phi) is 3.87. The number of benzene rings is 1. The lowest BCUT2D eigenvalue weighted by Gasteiger charge is -2.10. The third-order valence-electron chi connectivity index (χ3n) is 2.92. The highest BCUT2D eigenvalue weighted by atomic mass is 32.2. The Balaban J connectivity index is 2.12. The number of aryl methyl sites for hydroxylation is 2. The summed E-state index contributed by atoms with van der Waals surface area (Å²) in [5.74, 6) is 0.138. The highest BCUT2D eigenvalue weighted by Gasteiger charge is 2.17. The van der Waals surface area contributed by atoms with Crippen LogP contribution in [-0.2, 0) is 0 Å². The Hall–Kier alpha value is -1.55. The van der Waals surface area contributed by atoms with Gasteiger partial charge in [0.2, 0.25) is 0 Å². The zero-order chi connectivity index (χ0) is 13.1. The number of aromatic amines is 1. The first-order valence-corrected chi connectivity index (χ1v) is 6.73. The van der Waals surface area contributed by atoms with Crippen LogP contribution in [0.25, 0.3) is 0 Å². The molecule has 0 aliphatic rings. The molecule has 0 bridgehead atoms. The molecule has 1 N–H and O–H groups in total. The van der Waals surface area contributed by atoms with Gasteiger partial charge in [-0.15, -0.1) is 0 Å². The molecule has 1 aromatic heterocycles. The molecule has 0 aliphatic carbocycles. The van der Waals surface area contributed by atoms with Crippen LogP contribution in [0.2, 0.25) is 0 Å². The number of thioether (sulfide) groups is 1. The quantitative estimate of drug-likeness (QED) is 0.677. The molecule has 2 aromatic rings. The van der Waals surface area contributed by atoms with Crippen molar-refractivity contribution in [3.05, 3.63) is 47.3 Å². The fraction of sp³-hybridized carbons (Fsp3) is 0.286. The molecule has 94 valence electrons. The van der Waals surface area contributed by atoms with Gasteiger partial charge in [0.25, 0.3) is 0 Å². The standard InChI is InChI=1S/C14H16N2OS/c1-9-4-5-12(8-10(9)2)13(17)11(3)18-14-15-6-7-16-14/h4-8,11H,1-3H3,(H,15,16). The van der Waals surface area contributed by atoms with Crippen LogP contribution < -0.4 is 0 Å². The van der Waals surface area contributed by atoms with Crippen LogP contribution in [0.4, 0.5) is 0 Å². The molecule has 0 saturated carbocycles. The second kappa shape index (κ2) is 5.40. The van der Waals surface area contributed by atoms with Gasteiger partial charge in [-0.2, -0.15) is 0 Å². The number of aromatic nitrogens is 2. The maximum absolute atomic E-state index is 12.3. The average molecular weight is 260 g/mol. The van der Waals surface area contributed by atoms with Gasteiger partial charge in [-0.1, -0.05) is 23.9 Å². The van der Waals surface area contributed by atoms with Gasteiger partial charge in [0, 0.05) is 18.0 Å². The SMILES string of the molecule is Cc1ccc(C(=O)C(C)Sc2ncc[nH]2)cc1C. The third-order valence-corrected chi connectivity index (χ3v) is 3.94. The number of hydrogen-bond acceptors (Lipinski definition) is 3. The number of Topliss-reactive ketones (excluding diaryl/α,β-unsaturated/α-hetero) is 1. The van der Waals surface area contributed by atoms with E-state index in [1.165, 1.54) is 17.3 Å². The van der Waals surface area contributed by atoms with Crippen LogP contribution in [0.1, 0.15) is 28.4 Å². The Bertz CT molecular complexity index is 549. The highest BCUT2D eigenvalue weighted by Crippen LogP contribution is 2.23. The molecular weight excluding hydrogens is 244 g/mol. The van der Waals surface area contributed by atoms with E-state index in [-0.39, 0.29) is 11.0 Å². The van der Waals surface area contributed by atoms with E-state index in [1.54, 1.807) is 12.4 Å². The predicted molar refractivity (Wildman–Crippen MR) is 74.2 cm³/mol. The van der Waals surface area contributed by atoms with E-state index < -0.39 is 0 Å². The second-order valence-corrected chi connectivity index (χ2v) is 5.65. The normalized spacial score (nSPS) is 12.4. The number of carbonyl (C=O) groups excluding carboxylic acids is 1. The summed E-state index contributed by atoms with van der Waals surface area (Å²) in [7, 11) is 0. The largest absolute Gasteiger partial charge is 0.340 e. The number of hydrogen-bond donors (Lipinski definition) is 1. The van der Waals surface area contributed by atoms with Crippen molar-refractivity contribution < 1.29 is 4.79 Å². The minimum absolute atomic E-state index is 0.138. The third kappa shape index (κ3) is 2.82. The van der Waals surface area contributed by atoms with E-state index in [0.717, 1.165) is 16.3 Å². The van der Waals surface area contributed by atoms with E-state index in [9.17, 15) is 4.79 Å². The average Bonchev–Trinajstić information content (AvgIpc) is 2.84. The van der Waals surface area contributed by atoms with Gasteiger partial charge in [0.1, 0.15) is 0 Å². The van der Waals surface area contributed by atoms with Crippen molar-refractivity contribution >= 4 is 17.5 Å². The maximum Gasteiger partial charge on any atom is 0.176 e. The monoisotopic (exact) mass is 260 g/mol. The van der Waals surface area contributed by atoms with Gasteiger partial charge >= 0.3 is 0 Å². The lowest BCUT2D eigenvalue weighted by atomic mass is 10.0. The Morgan fingerprint density at radius 3 is 2.72 bits per heavy atom. The predicted octanol–water partition coefficient (Wildman–Crippen LogP) is 3.39. The van der Waals surface area contributed by atoms with Crippen molar-refractivity contribution in [2.45, 2.75) is 31.2 Å². The van der Waals surface area contributed by atoms with E-state index in [0.29, 0.717) is 0 Å². The number of rotatable bonds is 4. The van der Waals surface area contributed by atoms with E-state index >= 15 is 0 Å². The minimum atomic E-state index is -0.141. The lowest BCUT2D eigenvalue weighted by Crippen LogP contribution is -2.14. The summed E-state index contributed by atoms with van der Waals surface area (Å²) in [5, 5.41) is 0.637. The smallest absolute Gasteiger partial charge is 0.176 e. The summed E-state index contributed by atoms with van der Waals surface area (Å²) >= 11 is 1.45. The molecule has 1 unspecified atom stereocenters. The summed E-state index contributed by atoms with van der Waals surface area (Å²) in [4.78, 5) is 19.4. The minimum Gasteiger partial charge on any atom is -0.340 e. The molecule has 18 heavy (non-hydrogen) atoms. The van der Waals surface area contributed by atoms with Crippen LogP contribution >= 0.6 is 11.8 Å². The number of carbonyl (C=O) groups is 1. The summed E-state index contributed by atoms with van der Waals surface area (Å²) in [6.07, 6.45) is 3.45. The number of nitrogens with one attached hydrogen (secondary N) is 1. The van der Waals surface area contributed by atoms with Gasteiger partial charge in [-0.25, -0.2) is 4.98 Å². The molecule has 0 aliphatic heterocycles. The van der Waals surface area contributed by atoms with Crippen molar-refractivity contribution in [3.63, 3.8) is 0 Å². The molecule has 1 aromatic carbocycles. The van der Waals surface area contributed by atoms with Crippen molar-refractivity contribution in [3.8, 4) is 0 Å². The molecular formula is C14H16N2OS. The first kappa shape index (κ1) is 12.9. The first-order valence-electron chi connectivity index (χ1n) is 5.85. The zero-order valence-electron chi connectivity index (χ0n) is 10.7. The highest BCUT2D eigenvalue weighted by molar-refractivity contribution is 8.00.